The predicted molar refractivity (Wildman–Crippen MR) is 121 cm³/mol. The Bertz CT molecular complexity index is 670. The fourth-order valence-electron chi connectivity index (χ4n) is 8.98. The maximum absolute atomic E-state index is 12.0. The van der Waals surface area contributed by atoms with Crippen LogP contribution in [0.5, 0.6) is 0 Å². The number of carbonyl (C=O) groups excluding carboxylic acids is 1. The third kappa shape index (κ3) is 3.77. The Kier molecular flexibility index (Phi) is 6.53. The normalized spacial score (nSPS) is 50.2. The number of rotatable bonds is 5. The summed E-state index contributed by atoms with van der Waals surface area (Å²) in [7, 11) is 0. The molecule has 0 saturated heterocycles. The largest absolute Gasteiger partial charge is 0.393 e. The SMILES string of the molecule is CCNC(=O)CC[C@@H](C)[C@H]1CC[C@H]2[C@@H]3[C@H](O)C[C@@H]4C[C@H](O)CC[C@]4(C)[C@H]3C[C@H](O)[C@]12C. The number of fused-ring (bicyclic) bond motifs is 5. The molecule has 0 heterocycles. The summed E-state index contributed by atoms with van der Waals surface area (Å²) in [5, 5.41) is 36.1. The van der Waals surface area contributed by atoms with Crippen LogP contribution in [-0.4, -0.2) is 46.1 Å². The molecule has 0 unspecified atom stereocenters. The van der Waals surface area contributed by atoms with E-state index in [1.165, 1.54) is 0 Å². The zero-order valence-corrected chi connectivity index (χ0v) is 20.0. The van der Waals surface area contributed by atoms with Crippen LogP contribution in [0, 0.1) is 46.3 Å². The van der Waals surface area contributed by atoms with Crippen LogP contribution in [0.2, 0.25) is 0 Å². The van der Waals surface area contributed by atoms with Crippen molar-refractivity contribution in [1.29, 1.82) is 0 Å². The lowest BCUT2D eigenvalue weighted by Gasteiger charge is -2.63. The van der Waals surface area contributed by atoms with E-state index in [2.05, 4.69) is 26.1 Å². The summed E-state index contributed by atoms with van der Waals surface area (Å²) in [4.78, 5) is 12.0. The molecule has 178 valence electrons. The first kappa shape index (κ1) is 23.5. The molecule has 0 aliphatic heterocycles. The first-order valence-corrected chi connectivity index (χ1v) is 12.9. The molecule has 4 fully saturated rings. The number of aliphatic hydroxyl groups excluding tert-OH is 3. The molecule has 4 aliphatic rings. The molecule has 0 spiro atoms. The number of aliphatic hydroxyl groups is 3. The summed E-state index contributed by atoms with van der Waals surface area (Å²) in [6, 6.07) is 0. The van der Waals surface area contributed by atoms with Gasteiger partial charge in [0.2, 0.25) is 5.91 Å². The van der Waals surface area contributed by atoms with E-state index in [1.807, 2.05) is 6.92 Å². The second-order valence-corrected chi connectivity index (χ2v) is 12.0. The smallest absolute Gasteiger partial charge is 0.219 e. The summed E-state index contributed by atoms with van der Waals surface area (Å²) >= 11 is 0. The van der Waals surface area contributed by atoms with E-state index >= 15 is 0 Å². The molecule has 5 heteroatoms. The Morgan fingerprint density at radius 3 is 2.52 bits per heavy atom. The van der Waals surface area contributed by atoms with Gasteiger partial charge >= 0.3 is 0 Å². The Balaban J connectivity index is 1.54. The van der Waals surface area contributed by atoms with E-state index in [-0.39, 0.29) is 41.0 Å². The number of hydrogen-bond acceptors (Lipinski definition) is 4. The molecule has 0 aromatic heterocycles. The number of carbonyl (C=O) groups is 1. The maximum atomic E-state index is 12.0. The molecule has 4 aliphatic carbocycles. The van der Waals surface area contributed by atoms with Crippen LogP contribution in [0.15, 0.2) is 0 Å². The highest BCUT2D eigenvalue weighted by Crippen LogP contribution is 2.68. The van der Waals surface area contributed by atoms with E-state index in [9.17, 15) is 20.1 Å². The van der Waals surface area contributed by atoms with Crippen molar-refractivity contribution in [2.45, 2.75) is 104 Å². The Morgan fingerprint density at radius 2 is 1.81 bits per heavy atom. The zero-order valence-electron chi connectivity index (χ0n) is 20.0. The number of amides is 1. The summed E-state index contributed by atoms with van der Waals surface area (Å²) < 4.78 is 0. The van der Waals surface area contributed by atoms with E-state index in [1.54, 1.807) is 0 Å². The second kappa shape index (κ2) is 8.61. The van der Waals surface area contributed by atoms with Crippen molar-refractivity contribution >= 4 is 5.91 Å². The second-order valence-electron chi connectivity index (χ2n) is 12.0. The fourth-order valence-corrected chi connectivity index (χ4v) is 8.98. The van der Waals surface area contributed by atoms with Crippen LogP contribution in [0.25, 0.3) is 0 Å². The minimum atomic E-state index is -0.354. The van der Waals surface area contributed by atoms with Crippen LogP contribution < -0.4 is 5.32 Å². The van der Waals surface area contributed by atoms with Crippen molar-refractivity contribution in [2.24, 2.45) is 46.3 Å². The van der Waals surface area contributed by atoms with Crippen molar-refractivity contribution in [1.82, 2.24) is 5.32 Å². The summed E-state index contributed by atoms with van der Waals surface area (Å²) in [6.45, 7) is 9.54. The summed E-state index contributed by atoms with van der Waals surface area (Å²) in [5.41, 5.74) is -0.0620. The first-order chi connectivity index (χ1) is 14.6. The number of nitrogens with one attached hydrogen (secondary N) is 1. The van der Waals surface area contributed by atoms with Crippen molar-refractivity contribution in [2.75, 3.05) is 6.54 Å². The zero-order chi connectivity index (χ0) is 22.6. The molecular formula is C26H45NO4. The molecule has 31 heavy (non-hydrogen) atoms. The lowest BCUT2D eigenvalue weighted by Crippen LogP contribution is -2.62. The monoisotopic (exact) mass is 435 g/mol. The highest BCUT2D eigenvalue weighted by atomic mass is 16.3. The van der Waals surface area contributed by atoms with E-state index < -0.39 is 0 Å². The van der Waals surface area contributed by atoms with Crippen LogP contribution in [0.4, 0.5) is 0 Å². The van der Waals surface area contributed by atoms with Crippen LogP contribution in [0.3, 0.4) is 0 Å². The summed E-state index contributed by atoms with van der Waals surface area (Å²) in [5.74, 6) is 2.21. The number of hydrogen-bond donors (Lipinski definition) is 4. The molecule has 0 aromatic rings. The van der Waals surface area contributed by atoms with Crippen molar-refractivity contribution in [3.05, 3.63) is 0 Å². The van der Waals surface area contributed by atoms with E-state index in [0.29, 0.717) is 42.6 Å². The molecule has 0 aromatic carbocycles. The van der Waals surface area contributed by atoms with Gasteiger partial charge in [0.05, 0.1) is 18.3 Å². The lowest BCUT2D eigenvalue weighted by atomic mass is 9.43. The molecule has 4 saturated carbocycles. The van der Waals surface area contributed by atoms with Gasteiger partial charge in [-0.2, -0.15) is 0 Å². The van der Waals surface area contributed by atoms with Gasteiger partial charge in [0.25, 0.3) is 0 Å². The Morgan fingerprint density at radius 1 is 1.06 bits per heavy atom. The molecule has 4 rings (SSSR count). The highest BCUT2D eigenvalue weighted by molar-refractivity contribution is 5.75. The van der Waals surface area contributed by atoms with Gasteiger partial charge in [-0.05, 0) is 105 Å². The average molecular weight is 436 g/mol. The molecule has 0 bridgehead atoms. The highest BCUT2D eigenvalue weighted by Gasteiger charge is 2.65. The Labute approximate surface area is 188 Å². The van der Waals surface area contributed by atoms with Gasteiger partial charge in [0, 0.05) is 13.0 Å². The molecule has 5 nitrogen and oxygen atoms in total. The molecule has 0 radical (unpaired) electrons. The average Bonchev–Trinajstić information content (AvgIpc) is 3.07. The van der Waals surface area contributed by atoms with Gasteiger partial charge in [-0.15, -0.1) is 0 Å². The fraction of sp³-hybridized carbons (Fsp3) is 0.962. The van der Waals surface area contributed by atoms with E-state index in [4.69, 9.17) is 0 Å². The van der Waals surface area contributed by atoms with E-state index in [0.717, 1.165) is 51.4 Å². The predicted octanol–water partition coefficient (Wildman–Crippen LogP) is 3.50. The third-order valence-corrected chi connectivity index (χ3v) is 10.7. The minimum absolute atomic E-state index is 0.118. The van der Waals surface area contributed by atoms with Gasteiger partial charge in [-0.25, -0.2) is 0 Å². The minimum Gasteiger partial charge on any atom is -0.393 e. The van der Waals surface area contributed by atoms with Crippen molar-refractivity contribution < 1.29 is 20.1 Å². The van der Waals surface area contributed by atoms with Gasteiger partial charge in [-0.1, -0.05) is 20.8 Å². The van der Waals surface area contributed by atoms with Crippen molar-refractivity contribution in [3.63, 3.8) is 0 Å². The third-order valence-electron chi connectivity index (χ3n) is 10.7. The van der Waals surface area contributed by atoms with Gasteiger partial charge in [0.15, 0.2) is 0 Å². The topological polar surface area (TPSA) is 89.8 Å². The molecule has 4 N–H and O–H groups in total. The molecule has 1 amide bonds. The van der Waals surface area contributed by atoms with Gasteiger partial charge in [0.1, 0.15) is 0 Å². The van der Waals surface area contributed by atoms with Gasteiger partial charge < -0.3 is 20.6 Å². The van der Waals surface area contributed by atoms with Crippen molar-refractivity contribution in [3.8, 4) is 0 Å². The quantitative estimate of drug-likeness (QED) is 0.532. The maximum Gasteiger partial charge on any atom is 0.219 e. The standard InChI is InChI=1S/C26H45NO4/c1-5-27-23(31)9-6-15(2)18-7-8-19-24-20(14-22(30)26(18,19)4)25(3)11-10-17(28)12-16(25)13-21(24)29/h15-22,24,28-30H,5-14H2,1-4H3,(H,27,31)/t15-,16+,17-,18-,19+,20+,21-,22+,24+,25+,26-/m1/s1. The molecular weight excluding hydrogens is 390 g/mol. The van der Waals surface area contributed by atoms with Gasteiger partial charge in [-0.3, -0.25) is 4.79 Å². The molecule has 11 atom stereocenters. The Hall–Kier alpha value is -0.650. The summed E-state index contributed by atoms with van der Waals surface area (Å²) in [6.07, 6.45) is 6.90. The van der Waals surface area contributed by atoms with Crippen LogP contribution in [-0.2, 0) is 4.79 Å². The van der Waals surface area contributed by atoms with Crippen LogP contribution >= 0.6 is 0 Å². The lowest BCUT2D eigenvalue weighted by molar-refractivity contribution is -0.207. The first-order valence-electron chi connectivity index (χ1n) is 12.9. The van der Waals surface area contributed by atoms with Crippen LogP contribution in [0.1, 0.15) is 85.5 Å².